The zero-order valence-electron chi connectivity index (χ0n) is 7.95. The lowest BCUT2D eigenvalue weighted by Gasteiger charge is -2.02. The Morgan fingerprint density at radius 1 is 1.31 bits per heavy atom. The van der Waals surface area contributed by atoms with Crippen LogP contribution < -0.4 is 10.5 Å². The Morgan fingerprint density at radius 2 is 2.00 bits per heavy atom. The fourth-order valence-corrected chi connectivity index (χ4v) is 1.76. The van der Waals surface area contributed by atoms with Gasteiger partial charge in [0.1, 0.15) is 0 Å². The summed E-state index contributed by atoms with van der Waals surface area (Å²) in [6.07, 6.45) is 4.34. The van der Waals surface area contributed by atoms with Crippen LogP contribution in [-0.2, 0) is 10.0 Å². The summed E-state index contributed by atoms with van der Waals surface area (Å²) in [7, 11) is -3.29. The SMILES string of the molecule is CSCCCCNCCS(N)(=O)=O. The van der Waals surface area contributed by atoms with Crippen molar-refractivity contribution >= 4 is 21.8 Å². The van der Waals surface area contributed by atoms with Crippen LogP contribution in [0.1, 0.15) is 12.8 Å². The van der Waals surface area contributed by atoms with E-state index in [1.54, 1.807) is 0 Å². The van der Waals surface area contributed by atoms with Gasteiger partial charge in [-0.2, -0.15) is 11.8 Å². The Morgan fingerprint density at radius 3 is 2.54 bits per heavy atom. The van der Waals surface area contributed by atoms with E-state index in [-0.39, 0.29) is 5.75 Å². The molecule has 0 aliphatic carbocycles. The van der Waals surface area contributed by atoms with E-state index in [4.69, 9.17) is 5.14 Å². The molecular weight excluding hydrogens is 208 g/mol. The first-order valence-corrected chi connectivity index (χ1v) is 7.37. The quantitative estimate of drug-likeness (QED) is 0.572. The van der Waals surface area contributed by atoms with Crippen molar-refractivity contribution in [3.8, 4) is 0 Å². The summed E-state index contributed by atoms with van der Waals surface area (Å²) in [4.78, 5) is 0. The van der Waals surface area contributed by atoms with E-state index in [9.17, 15) is 8.42 Å². The lowest BCUT2D eigenvalue weighted by atomic mass is 10.3. The Bertz CT molecular complexity index is 205. The van der Waals surface area contributed by atoms with Crippen LogP contribution in [0.5, 0.6) is 0 Å². The third-order valence-electron chi connectivity index (χ3n) is 1.52. The summed E-state index contributed by atoms with van der Waals surface area (Å²) in [5, 5.41) is 7.86. The molecule has 80 valence electrons. The molecule has 0 aromatic carbocycles. The predicted octanol–water partition coefficient (Wildman–Crippen LogP) is 0.00770. The van der Waals surface area contributed by atoms with Gasteiger partial charge in [-0.05, 0) is 31.4 Å². The molecule has 0 fully saturated rings. The average Bonchev–Trinajstić information content (AvgIpc) is 2.01. The summed E-state index contributed by atoms with van der Waals surface area (Å²) in [5.41, 5.74) is 0. The van der Waals surface area contributed by atoms with Crippen molar-refractivity contribution in [3.63, 3.8) is 0 Å². The lowest BCUT2D eigenvalue weighted by Crippen LogP contribution is -2.27. The van der Waals surface area contributed by atoms with Crippen molar-refractivity contribution in [2.45, 2.75) is 12.8 Å². The monoisotopic (exact) mass is 226 g/mol. The zero-order valence-corrected chi connectivity index (χ0v) is 9.59. The summed E-state index contributed by atoms with van der Waals surface area (Å²) in [6.45, 7) is 1.33. The topological polar surface area (TPSA) is 72.2 Å². The first-order chi connectivity index (χ1) is 6.06. The third-order valence-corrected chi connectivity index (χ3v) is 2.99. The molecule has 4 nitrogen and oxygen atoms in total. The van der Waals surface area contributed by atoms with Crippen molar-refractivity contribution in [1.29, 1.82) is 0 Å². The van der Waals surface area contributed by atoms with Crippen molar-refractivity contribution < 1.29 is 8.42 Å². The minimum absolute atomic E-state index is 0.0233. The maximum atomic E-state index is 10.5. The van der Waals surface area contributed by atoms with E-state index in [0.717, 1.165) is 18.7 Å². The number of rotatable bonds is 8. The molecule has 0 rings (SSSR count). The van der Waals surface area contributed by atoms with Gasteiger partial charge >= 0.3 is 0 Å². The number of nitrogens with two attached hydrogens (primary N) is 1. The Hall–Kier alpha value is 0.220. The highest BCUT2D eigenvalue weighted by atomic mass is 32.2. The molecule has 0 unspecified atom stereocenters. The largest absolute Gasteiger partial charge is 0.316 e. The Kier molecular flexibility index (Phi) is 7.74. The first-order valence-electron chi connectivity index (χ1n) is 4.26. The molecule has 0 amide bonds. The molecule has 0 aromatic heterocycles. The van der Waals surface area contributed by atoms with Gasteiger partial charge in [-0.1, -0.05) is 0 Å². The minimum atomic E-state index is -3.29. The van der Waals surface area contributed by atoms with Gasteiger partial charge in [-0.15, -0.1) is 0 Å². The van der Waals surface area contributed by atoms with E-state index < -0.39 is 10.0 Å². The molecule has 13 heavy (non-hydrogen) atoms. The molecule has 0 spiro atoms. The van der Waals surface area contributed by atoms with Crippen molar-refractivity contribution in [1.82, 2.24) is 5.32 Å². The maximum absolute atomic E-state index is 10.5. The molecule has 3 N–H and O–H groups in total. The molecule has 0 aromatic rings. The molecule has 0 heterocycles. The van der Waals surface area contributed by atoms with Crippen LogP contribution in [0.4, 0.5) is 0 Å². The standard InChI is InChI=1S/C7H18N2O2S2/c1-12-6-3-2-4-9-5-7-13(8,10)11/h9H,2-7H2,1H3,(H2,8,10,11). The highest BCUT2D eigenvalue weighted by molar-refractivity contribution is 7.98. The molecule has 0 saturated heterocycles. The molecular formula is C7H18N2O2S2. The van der Waals surface area contributed by atoms with E-state index >= 15 is 0 Å². The number of hydrogen-bond acceptors (Lipinski definition) is 4. The van der Waals surface area contributed by atoms with Gasteiger partial charge in [0.05, 0.1) is 5.75 Å². The average molecular weight is 226 g/mol. The van der Waals surface area contributed by atoms with Crippen LogP contribution in [0.2, 0.25) is 0 Å². The van der Waals surface area contributed by atoms with Crippen LogP contribution >= 0.6 is 11.8 Å². The summed E-state index contributed by atoms with van der Waals surface area (Å²) in [6, 6.07) is 0. The lowest BCUT2D eigenvalue weighted by molar-refractivity contribution is 0.590. The second-order valence-electron chi connectivity index (χ2n) is 2.82. The molecule has 0 aliphatic heterocycles. The summed E-state index contributed by atoms with van der Waals surface area (Å²) < 4.78 is 21.0. The molecule has 0 radical (unpaired) electrons. The van der Waals surface area contributed by atoms with Gasteiger partial charge in [0.25, 0.3) is 0 Å². The fourth-order valence-electron chi connectivity index (χ4n) is 0.836. The van der Waals surface area contributed by atoms with Crippen LogP contribution in [0.25, 0.3) is 0 Å². The smallest absolute Gasteiger partial charge is 0.210 e. The number of sulfonamides is 1. The van der Waals surface area contributed by atoms with Gasteiger partial charge in [-0.25, -0.2) is 13.6 Å². The number of nitrogens with one attached hydrogen (secondary N) is 1. The van der Waals surface area contributed by atoms with E-state index in [2.05, 4.69) is 11.6 Å². The summed E-state index contributed by atoms with van der Waals surface area (Å²) in [5.74, 6) is 1.19. The Labute approximate surface area is 84.7 Å². The highest BCUT2D eigenvalue weighted by Crippen LogP contribution is 1.97. The van der Waals surface area contributed by atoms with Gasteiger partial charge in [0.15, 0.2) is 0 Å². The highest BCUT2D eigenvalue weighted by Gasteiger charge is 2.00. The van der Waals surface area contributed by atoms with E-state index in [1.165, 1.54) is 6.42 Å². The fraction of sp³-hybridized carbons (Fsp3) is 1.00. The van der Waals surface area contributed by atoms with Crippen LogP contribution in [0, 0.1) is 0 Å². The van der Waals surface area contributed by atoms with Crippen molar-refractivity contribution in [3.05, 3.63) is 0 Å². The number of hydrogen-bond donors (Lipinski definition) is 2. The van der Waals surface area contributed by atoms with E-state index in [1.807, 2.05) is 11.8 Å². The van der Waals surface area contributed by atoms with Crippen LogP contribution in [0.15, 0.2) is 0 Å². The molecule has 0 bridgehead atoms. The van der Waals surface area contributed by atoms with Gasteiger partial charge in [0.2, 0.25) is 10.0 Å². The molecule has 0 aliphatic rings. The molecule has 0 saturated carbocycles. The van der Waals surface area contributed by atoms with Crippen molar-refractivity contribution in [2.24, 2.45) is 5.14 Å². The predicted molar refractivity (Wildman–Crippen MR) is 58.5 cm³/mol. The van der Waals surface area contributed by atoms with Gasteiger partial charge in [-0.3, -0.25) is 0 Å². The minimum Gasteiger partial charge on any atom is -0.316 e. The zero-order chi connectivity index (χ0) is 10.2. The number of thioether (sulfide) groups is 1. The van der Waals surface area contributed by atoms with Crippen LogP contribution in [-0.4, -0.2) is 39.3 Å². The Balaban J connectivity index is 3.09. The molecule has 0 atom stereocenters. The third kappa shape index (κ3) is 12.2. The van der Waals surface area contributed by atoms with E-state index in [0.29, 0.717) is 6.54 Å². The number of primary sulfonamides is 1. The normalized spacial score (nSPS) is 11.8. The van der Waals surface area contributed by atoms with Gasteiger partial charge in [0, 0.05) is 6.54 Å². The summed E-state index contributed by atoms with van der Waals surface area (Å²) >= 11 is 1.83. The van der Waals surface area contributed by atoms with Crippen molar-refractivity contribution in [2.75, 3.05) is 30.9 Å². The van der Waals surface area contributed by atoms with Gasteiger partial charge < -0.3 is 5.32 Å². The maximum Gasteiger partial charge on any atom is 0.210 e. The first kappa shape index (κ1) is 13.2. The van der Waals surface area contributed by atoms with Crippen LogP contribution in [0.3, 0.4) is 0 Å². The second kappa shape index (κ2) is 7.61. The second-order valence-corrected chi connectivity index (χ2v) is 5.54. The molecule has 6 heteroatoms. The number of unbranched alkanes of at least 4 members (excludes halogenated alkanes) is 1.